The predicted molar refractivity (Wildman–Crippen MR) is 111 cm³/mol. The molecule has 0 spiro atoms. The van der Waals surface area contributed by atoms with E-state index in [-0.39, 0.29) is 35.3 Å². The SMILES string of the molecule is Cc1ccc(C(=O)N2CC3CCC(N)C3C2)cc1S(=O)(=O)NC1CCCC1.Cl. The number of halogens is 1. The van der Waals surface area contributed by atoms with Crippen LogP contribution < -0.4 is 10.5 Å². The molecule has 4 rings (SSSR count). The number of nitrogens with two attached hydrogens (primary N) is 1. The zero-order chi connectivity index (χ0) is 19.2. The number of aryl methyl sites for hydroxylation is 1. The van der Waals surface area contributed by atoms with E-state index in [9.17, 15) is 13.2 Å². The monoisotopic (exact) mass is 427 g/mol. The summed E-state index contributed by atoms with van der Waals surface area (Å²) in [7, 11) is -3.62. The van der Waals surface area contributed by atoms with Crippen LogP contribution in [0.15, 0.2) is 23.1 Å². The highest BCUT2D eigenvalue weighted by Gasteiger charge is 2.42. The Balaban J connectivity index is 0.00000225. The third kappa shape index (κ3) is 4.08. The van der Waals surface area contributed by atoms with Crippen LogP contribution in [0.1, 0.15) is 54.4 Å². The fraction of sp³-hybridized carbons (Fsp3) is 0.650. The Bertz CT molecular complexity index is 839. The van der Waals surface area contributed by atoms with Crippen LogP contribution >= 0.6 is 12.4 Å². The summed E-state index contributed by atoms with van der Waals surface area (Å²) in [6.07, 6.45) is 6.00. The maximum atomic E-state index is 13.0. The molecular weight excluding hydrogens is 398 g/mol. The van der Waals surface area contributed by atoms with Gasteiger partial charge in [-0.3, -0.25) is 4.79 Å². The molecule has 2 aliphatic carbocycles. The zero-order valence-electron chi connectivity index (χ0n) is 16.3. The second-order valence-electron chi connectivity index (χ2n) is 8.46. The molecule has 156 valence electrons. The lowest BCUT2D eigenvalue weighted by Gasteiger charge is -2.20. The van der Waals surface area contributed by atoms with Crippen LogP contribution in [0.2, 0.25) is 0 Å². The third-order valence-electron chi connectivity index (χ3n) is 6.60. The summed E-state index contributed by atoms with van der Waals surface area (Å²) in [4.78, 5) is 15.1. The number of carbonyl (C=O) groups is 1. The molecule has 1 amide bonds. The number of sulfonamides is 1. The van der Waals surface area contributed by atoms with Gasteiger partial charge in [-0.2, -0.15) is 0 Å². The van der Waals surface area contributed by atoms with Crippen LogP contribution in [-0.4, -0.2) is 44.4 Å². The predicted octanol–water partition coefficient (Wildman–Crippen LogP) is 2.45. The molecule has 0 radical (unpaired) electrons. The Morgan fingerprint density at radius 2 is 1.86 bits per heavy atom. The van der Waals surface area contributed by atoms with Crippen molar-refractivity contribution >= 4 is 28.3 Å². The zero-order valence-corrected chi connectivity index (χ0v) is 17.9. The Labute approximate surface area is 173 Å². The molecule has 3 atom stereocenters. The van der Waals surface area contributed by atoms with Crippen molar-refractivity contribution in [2.24, 2.45) is 17.6 Å². The number of benzene rings is 1. The van der Waals surface area contributed by atoms with Crippen LogP contribution in [0, 0.1) is 18.8 Å². The number of amides is 1. The Hall–Kier alpha value is -1.15. The van der Waals surface area contributed by atoms with Gasteiger partial charge in [-0.1, -0.05) is 18.9 Å². The Morgan fingerprint density at radius 3 is 2.54 bits per heavy atom. The van der Waals surface area contributed by atoms with Gasteiger partial charge in [-0.05, 0) is 62.1 Å². The highest BCUT2D eigenvalue weighted by molar-refractivity contribution is 7.89. The van der Waals surface area contributed by atoms with Gasteiger partial charge in [0.25, 0.3) is 5.91 Å². The molecule has 1 heterocycles. The van der Waals surface area contributed by atoms with Gasteiger partial charge in [0.15, 0.2) is 0 Å². The first kappa shape index (κ1) is 21.6. The maximum Gasteiger partial charge on any atom is 0.253 e. The fourth-order valence-corrected chi connectivity index (χ4v) is 6.58. The topological polar surface area (TPSA) is 92.5 Å². The van der Waals surface area contributed by atoms with Crippen LogP contribution in [0.4, 0.5) is 0 Å². The minimum Gasteiger partial charge on any atom is -0.338 e. The molecule has 1 aromatic carbocycles. The van der Waals surface area contributed by atoms with E-state index in [1.165, 1.54) is 0 Å². The van der Waals surface area contributed by atoms with E-state index >= 15 is 0 Å². The number of hydrogen-bond donors (Lipinski definition) is 2. The lowest BCUT2D eigenvalue weighted by Crippen LogP contribution is -2.34. The van der Waals surface area contributed by atoms with Gasteiger partial charge in [0.2, 0.25) is 10.0 Å². The second kappa shape index (κ2) is 8.30. The van der Waals surface area contributed by atoms with Gasteiger partial charge < -0.3 is 10.6 Å². The number of nitrogens with one attached hydrogen (secondary N) is 1. The van der Waals surface area contributed by atoms with Crippen LogP contribution in [0.25, 0.3) is 0 Å². The summed E-state index contributed by atoms with van der Waals surface area (Å²) in [6.45, 7) is 3.19. The normalized spacial score (nSPS) is 27.6. The number of carbonyl (C=O) groups excluding carboxylic acids is 1. The largest absolute Gasteiger partial charge is 0.338 e. The highest BCUT2D eigenvalue weighted by Crippen LogP contribution is 2.37. The van der Waals surface area contributed by atoms with Crippen molar-refractivity contribution in [3.8, 4) is 0 Å². The number of rotatable bonds is 4. The molecule has 6 nitrogen and oxygen atoms in total. The van der Waals surface area contributed by atoms with Crippen molar-refractivity contribution in [3.05, 3.63) is 29.3 Å². The van der Waals surface area contributed by atoms with Gasteiger partial charge in [0.1, 0.15) is 0 Å². The molecule has 1 aromatic rings. The summed E-state index contributed by atoms with van der Waals surface area (Å²) < 4.78 is 28.5. The third-order valence-corrected chi connectivity index (χ3v) is 8.26. The van der Waals surface area contributed by atoms with Crippen molar-refractivity contribution in [2.45, 2.75) is 62.4 Å². The lowest BCUT2D eigenvalue weighted by atomic mass is 9.98. The van der Waals surface area contributed by atoms with Crippen LogP contribution in [0.3, 0.4) is 0 Å². The summed E-state index contributed by atoms with van der Waals surface area (Å²) >= 11 is 0. The highest BCUT2D eigenvalue weighted by atomic mass is 35.5. The minimum atomic E-state index is -3.62. The average Bonchev–Trinajstić information content (AvgIpc) is 3.34. The number of hydrogen-bond acceptors (Lipinski definition) is 4. The van der Waals surface area contributed by atoms with E-state index < -0.39 is 10.0 Å². The van der Waals surface area contributed by atoms with Gasteiger partial charge in [0.05, 0.1) is 4.90 Å². The number of fused-ring (bicyclic) bond motifs is 1. The molecule has 3 unspecified atom stereocenters. The average molecular weight is 428 g/mol. The molecule has 1 saturated heterocycles. The van der Waals surface area contributed by atoms with Crippen molar-refractivity contribution in [1.82, 2.24) is 9.62 Å². The first-order chi connectivity index (χ1) is 12.8. The summed E-state index contributed by atoms with van der Waals surface area (Å²) in [5.74, 6) is 0.780. The molecule has 0 bridgehead atoms. The summed E-state index contributed by atoms with van der Waals surface area (Å²) in [5.41, 5.74) is 7.28. The van der Waals surface area contributed by atoms with E-state index in [1.807, 2.05) is 4.90 Å². The molecule has 1 aliphatic heterocycles. The molecule has 28 heavy (non-hydrogen) atoms. The first-order valence-corrected chi connectivity index (χ1v) is 11.5. The summed E-state index contributed by atoms with van der Waals surface area (Å²) in [5, 5.41) is 0. The molecule has 3 aliphatic rings. The quantitative estimate of drug-likeness (QED) is 0.771. The Kier molecular flexibility index (Phi) is 6.39. The molecule has 0 aromatic heterocycles. The van der Waals surface area contributed by atoms with Crippen molar-refractivity contribution in [2.75, 3.05) is 13.1 Å². The van der Waals surface area contributed by atoms with Crippen LogP contribution in [0.5, 0.6) is 0 Å². The molecule has 2 saturated carbocycles. The molecule has 3 fully saturated rings. The standard InChI is InChI=1S/C20H29N3O3S.ClH/c1-13-6-7-14(10-19(13)27(25,26)22-16-4-2-3-5-16)20(24)23-11-15-8-9-18(21)17(15)12-23;/h6-7,10,15-18,22H,2-5,8-9,11-12,21H2,1H3;1H. The lowest BCUT2D eigenvalue weighted by molar-refractivity contribution is 0.0779. The molecule has 3 N–H and O–H groups in total. The van der Waals surface area contributed by atoms with Crippen molar-refractivity contribution < 1.29 is 13.2 Å². The van der Waals surface area contributed by atoms with E-state index in [2.05, 4.69) is 4.72 Å². The van der Waals surface area contributed by atoms with Crippen molar-refractivity contribution in [3.63, 3.8) is 0 Å². The van der Waals surface area contributed by atoms with Gasteiger partial charge in [-0.25, -0.2) is 13.1 Å². The second-order valence-corrected chi connectivity index (χ2v) is 10.1. The van der Waals surface area contributed by atoms with E-state index in [4.69, 9.17) is 5.73 Å². The van der Waals surface area contributed by atoms with Crippen LogP contribution in [-0.2, 0) is 10.0 Å². The number of likely N-dealkylation sites (tertiary alicyclic amines) is 1. The summed E-state index contributed by atoms with van der Waals surface area (Å²) in [6, 6.07) is 5.20. The number of nitrogens with zero attached hydrogens (tertiary/aromatic N) is 1. The smallest absolute Gasteiger partial charge is 0.253 e. The van der Waals surface area contributed by atoms with Gasteiger partial charge in [0, 0.05) is 30.7 Å². The van der Waals surface area contributed by atoms with Gasteiger partial charge >= 0.3 is 0 Å². The van der Waals surface area contributed by atoms with E-state index in [1.54, 1.807) is 25.1 Å². The first-order valence-electron chi connectivity index (χ1n) is 10.0. The van der Waals surface area contributed by atoms with E-state index in [0.717, 1.165) is 45.1 Å². The molecular formula is C20H30ClN3O3S. The maximum absolute atomic E-state index is 13.0. The molecule has 8 heteroatoms. The fourth-order valence-electron chi connectivity index (χ4n) is 5.01. The van der Waals surface area contributed by atoms with E-state index in [0.29, 0.717) is 29.5 Å². The van der Waals surface area contributed by atoms with Crippen molar-refractivity contribution in [1.29, 1.82) is 0 Å². The Morgan fingerprint density at radius 1 is 1.14 bits per heavy atom. The minimum absolute atomic E-state index is 0. The van der Waals surface area contributed by atoms with Gasteiger partial charge in [-0.15, -0.1) is 12.4 Å².